The average molecular weight is 204 g/mol. The van der Waals surface area contributed by atoms with E-state index in [1.54, 1.807) is 0 Å². The molecule has 0 amide bonds. The fourth-order valence-electron chi connectivity index (χ4n) is 1.67. The van der Waals surface area contributed by atoms with Crippen LogP contribution in [-0.2, 0) is 0 Å². The van der Waals surface area contributed by atoms with E-state index in [4.69, 9.17) is 10.2 Å². The van der Waals surface area contributed by atoms with Crippen LogP contribution in [0.25, 0.3) is 11.1 Å². The van der Waals surface area contributed by atoms with Crippen molar-refractivity contribution in [3.05, 3.63) is 29.7 Å². The molecule has 0 saturated heterocycles. The van der Waals surface area contributed by atoms with Gasteiger partial charge < -0.3 is 10.2 Å². The van der Waals surface area contributed by atoms with Crippen LogP contribution in [0.1, 0.15) is 30.7 Å². The Balaban J connectivity index is 2.46. The number of rotatable bonds is 3. The molecule has 0 radical (unpaired) electrons. The van der Waals surface area contributed by atoms with E-state index < -0.39 is 0 Å². The quantitative estimate of drug-likeness (QED) is 0.836. The van der Waals surface area contributed by atoms with Gasteiger partial charge in [-0.05, 0) is 31.0 Å². The number of fused-ring (bicyclic) bond motifs is 1. The fraction of sp³-hybridized carbons (Fsp3) is 0.417. The summed E-state index contributed by atoms with van der Waals surface area (Å²) in [6, 6.07) is 6.04. The maximum Gasteiger partial charge on any atom is 0.199 e. The molecular weight excluding hydrogens is 188 g/mol. The van der Waals surface area contributed by atoms with Gasteiger partial charge in [0.05, 0.1) is 0 Å². The lowest BCUT2D eigenvalue weighted by Crippen LogP contribution is -2.11. The van der Waals surface area contributed by atoms with Crippen molar-refractivity contribution in [3.8, 4) is 0 Å². The van der Waals surface area contributed by atoms with Gasteiger partial charge in [0.15, 0.2) is 11.5 Å². The van der Waals surface area contributed by atoms with Gasteiger partial charge in [-0.15, -0.1) is 0 Å². The summed E-state index contributed by atoms with van der Waals surface area (Å²) in [4.78, 5) is 4.45. The standard InChI is InChI=1S/C12H16N2O/c1-3-9(7-13)12-14-10-5-4-8(2)6-11(10)15-12/h4-6,9H,3,7,13H2,1-2H3. The van der Waals surface area contributed by atoms with Crippen LogP contribution in [0.2, 0.25) is 0 Å². The Hall–Kier alpha value is -1.35. The molecule has 0 spiro atoms. The summed E-state index contributed by atoms with van der Waals surface area (Å²) < 4.78 is 5.70. The second-order valence-corrected chi connectivity index (χ2v) is 3.86. The number of hydrogen-bond donors (Lipinski definition) is 1. The molecule has 0 saturated carbocycles. The molecule has 2 rings (SSSR count). The lowest BCUT2D eigenvalue weighted by molar-refractivity contribution is 0.465. The van der Waals surface area contributed by atoms with E-state index in [0.29, 0.717) is 6.54 Å². The summed E-state index contributed by atoms with van der Waals surface area (Å²) in [7, 11) is 0. The highest BCUT2D eigenvalue weighted by atomic mass is 16.3. The Kier molecular flexibility index (Phi) is 2.73. The SMILES string of the molecule is CCC(CN)c1nc2ccc(C)cc2o1. The van der Waals surface area contributed by atoms with E-state index in [-0.39, 0.29) is 5.92 Å². The number of benzene rings is 1. The van der Waals surface area contributed by atoms with Crippen molar-refractivity contribution >= 4 is 11.1 Å². The molecule has 0 aliphatic heterocycles. The predicted octanol–water partition coefficient (Wildman–Crippen LogP) is 2.59. The number of nitrogens with zero attached hydrogens (tertiary/aromatic N) is 1. The molecule has 0 aliphatic carbocycles. The van der Waals surface area contributed by atoms with Crippen LogP contribution >= 0.6 is 0 Å². The zero-order valence-corrected chi connectivity index (χ0v) is 9.16. The normalized spacial score (nSPS) is 13.3. The number of oxazole rings is 1. The topological polar surface area (TPSA) is 52.0 Å². The lowest BCUT2D eigenvalue weighted by Gasteiger charge is -2.05. The monoisotopic (exact) mass is 204 g/mol. The van der Waals surface area contributed by atoms with Crippen molar-refractivity contribution in [1.82, 2.24) is 4.98 Å². The molecule has 1 atom stereocenters. The van der Waals surface area contributed by atoms with E-state index in [1.165, 1.54) is 5.56 Å². The molecule has 1 aromatic carbocycles. The number of aromatic nitrogens is 1. The molecule has 2 aromatic rings. The molecule has 2 N–H and O–H groups in total. The van der Waals surface area contributed by atoms with Crippen molar-refractivity contribution < 1.29 is 4.42 Å². The molecule has 0 bridgehead atoms. The van der Waals surface area contributed by atoms with Crippen molar-refractivity contribution in [2.24, 2.45) is 5.73 Å². The smallest absolute Gasteiger partial charge is 0.199 e. The zero-order chi connectivity index (χ0) is 10.8. The van der Waals surface area contributed by atoms with E-state index in [0.717, 1.165) is 23.4 Å². The molecule has 0 aliphatic rings. The van der Waals surface area contributed by atoms with Crippen molar-refractivity contribution in [1.29, 1.82) is 0 Å². The Bertz CT molecular complexity index is 458. The summed E-state index contributed by atoms with van der Waals surface area (Å²) in [5, 5.41) is 0. The van der Waals surface area contributed by atoms with Gasteiger partial charge in [0.1, 0.15) is 5.52 Å². The summed E-state index contributed by atoms with van der Waals surface area (Å²) in [6.45, 7) is 4.72. The van der Waals surface area contributed by atoms with Crippen LogP contribution in [0.5, 0.6) is 0 Å². The van der Waals surface area contributed by atoms with Crippen molar-refractivity contribution in [2.45, 2.75) is 26.2 Å². The van der Waals surface area contributed by atoms with Crippen molar-refractivity contribution in [3.63, 3.8) is 0 Å². The highest BCUT2D eigenvalue weighted by molar-refractivity contribution is 5.73. The average Bonchev–Trinajstić information content (AvgIpc) is 2.62. The fourth-order valence-corrected chi connectivity index (χ4v) is 1.67. The molecule has 1 unspecified atom stereocenters. The van der Waals surface area contributed by atoms with Crippen LogP contribution in [-0.4, -0.2) is 11.5 Å². The first-order valence-electron chi connectivity index (χ1n) is 5.31. The molecular formula is C12H16N2O. The van der Waals surface area contributed by atoms with Gasteiger partial charge >= 0.3 is 0 Å². The minimum Gasteiger partial charge on any atom is -0.440 e. The van der Waals surface area contributed by atoms with Crippen molar-refractivity contribution in [2.75, 3.05) is 6.54 Å². The summed E-state index contributed by atoms with van der Waals surface area (Å²) >= 11 is 0. The van der Waals surface area contributed by atoms with Crippen LogP contribution < -0.4 is 5.73 Å². The van der Waals surface area contributed by atoms with Gasteiger partial charge in [-0.25, -0.2) is 4.98 Å². The van der Waals surface area contributed by atoms with Crippen LogP contribution in [0.15, 0.2) is 22.6 Å². The first kappa shape index (κ1) is 10.2. The first-order valence-corrected chi connectivity index (χ1v) is 5.31. The summed E-state index contributed by atoms with van der Waals surface area (Å²) in [5.74, 6) is 0.998. The summed E-state index contributed by atoms with van der Waals surface area (Å²) in [5.41, 5.74) is 8.63. The number of hydrogen-bond acceptors (Lipinski definition) is 3. The predicted molar refractivity (Wildman–Crippen MR) is 60.8 cm³/mol. The molecule has 80 valence electrons. The highest BCUT2D eigenvalue weighted by Gasteiger charge is 2.14. The summed E-state index contributed by atoms with van der Waals surface area (Å²) in [6.07, 6.45) is 0.961. The van der Waals surface area contributed by atoms with Gasteiger partial charge in [0.2, 0.25) is 0 Å². The Morgan fingerprint density at radius 1 is 1.47 bits per heavy atom. The lowest BCUT2D eigenvalue weighted by atomic mass is 10.1. The molecule has 3 heteroatoms. The van der Waals surface area contributed by atoms with Gasteiger partial charge in [0.25, 0.3) is 0 Å². The van der Waals surface area contributed by atoms with Crippen LogP contribution in [0.3, 0.4) is 0 Å². The maximum absolute atomic E-state index is 5.70. The second kappa shape index (κ2) is 4.03. The van der Waals surface area contributed by atoms with Gasteiger partial charge in [-0.3, -0.25) is 0 Å². The highest BCUT2D eigenvalue weighted by Crippen LogP contribution is 2.23. The second-order valence-electron chi connectivity index (χ2n) is 3.86. The molecule has 1 heterocycles. The zero-order valence-electron chi connectivity index (χ0n) is 9.16. The van der Waals surface area contributed by atoms with Gasteiger partial charge in [0, 0.05) is 12.5 Å². The first-order chi connectivity index (χ1) is 7.24. The minimum absolute atomic E-state index is 0.234. The van der Waals surface area contributed by atoms with Crippen LogP contribution in [0, 0.1) is 6.92 Å². The molecule has 0 fully saturated rings. The largest absolute Gasteiger partial charge is 0.440 e. The number of aryl methyl sites for hydroxylation is 1. The maximum atomic E-state index is 5.70. The molecule has 1 aromatic heterocycles. The third kappa shape index (κ3) is 1.88. The van der Waals surface area contributed by atoms with E-state index in [1.807, 2.05) is 25.1 Å². The van der Waals surface area contributed by atoms with E-state index in [2.05, 4.69) is 11.9 Å². The third-order valence-corrected chi connectivity index (χ3v) is 2.69. The van der Waals surface area contributed by atoms with Gasteiger partial charge in [-0.1, -0.05) is 13.0 Å². The molecule has 15 heavy (non-hydrogen) atoms. The van der Waals surface area contributed by atoms with Gasteiger partial charge in [-0.2, -0.15) is 0 Å². The third-order valence-electron chi connectivity index (χ3n) is 2.69. The Labute approximate surface area is 89.3 Å². The van der Waals surface area contributed by atoms with E-state index in [9.17, 15) is 0 Å². The Morgan fingerprint density at radius 3 is 2.93 bits per heavy atom. The Morgan fingerprint density at radius 2 is 2.27 bits per heavy atom. The number of nitrogens with two attached hydrogens (primary N) is 1. The van der Waals surface area contributed by atoms with Crippen LogP contribution in [0.4, 0.5) is 0 Å². The molecule has 3 nitrogen and oxygen atoms in total. The van der Waals surface area contributed by atoms with E-state index >= 15 is 0 Å². The minimum atomic E-state index is 0.234.